The number of amides is 4. The minimum atomic E-state index is -3.15. The predicted octanol–water partition coefficient (Wildman–Crippen LogP) is 0.980. The van der Waals surface area contributed by atoms with Crippen molar-refractivity contribution in [1.82, 2.24) is 15.5 Å². The van der Waals surface area contributed by atoms with Crippen LogP contribution in [0, 0.1) is 0 Å². The van der Waals surface area contributed by atoms with Crippen LogP contribution in [0.4, 0.5) is 4.79 Å². The number of imide groups is 1. The van der Waals surface area contributed by atoms with Crippen LogP contribution in [0.5, 0.6) is 0 Å². The lowest BCUT2D eigenvalue weighted by Crippen LogP contribution is -2.47. The van der Waals surface area contributed by atoms with Gasteiger partial charge in [0.15, 0.2) is 15.4 Å². The second-order valence-corrected chi connectivity index (χ2v) is 10.2. The van der Waals surface area contributed by atoms with Crippen molar-refractivity contribution in [2.45, 2.75) is 24.4 Å². The lowest BCUT2D eigenvalue weighted by atomic mass is 9.83. The summed E-state index contributed by atoms with van der Waals surface area (Å²) in [6.45, 7) is -0.468. The fourth-order valence-electron chi connectivity index (χ4n) is 4.14. The number of nitrogens with one attached hydrogen (secondary N) is 2. The van der Waals surface area contributed by atoms with E-state index in [2.05, 4.69) is 10.6 Å². The summed E-state index contributed by atoms with van der Waals surface area (Å²) in [6, 6.07) is 17.1. The van der Waals surface area contributed by atoms with Crippen molar-refractivity contribution in [3.05, 3.63) is 71.8 Å². The Morgan fingerprint density at radius 3 is 2.32 bits per heavy atom. The van der Waals surface area contributed by atoms with Gasteiger partial charge in [0.1, 0.15) is 6.54 Å². The van der Waals surface area contributed by atoms with Gasteiger partial charge in [0.2, 0.25) is 5.91 Å². The number of hydrogen-bond donors (Lipinski definition) is 2. The van der Waals surface area contributed by atoms with Gasteiger partial charge >= 0.3 is 6.03 Å². The fourth-order valence-corrected chi connectivity index (χ4v) is 5.81. The van der Waals surface area contributed by atoms with E-state index >= 15 is 0 Å². The number of rotatable bonds is 6. The van der Waals surface area contributed by atoms with Gasteiger partial charge in [-0.15, -0.1) is 0 Å². The molecular weight excluding hydrogens is 418 g/mol. The largest absolute Gasteiger partial charge is 0.351 e. The van der Waals surface area contributed by atoms with Crippen LogP contribution in [0.15, 0.2) is 60.7 Å². The third kappa shape index (κ3) is 4.32. The number of urea groups is 1. The van der Waals surface area contributed by atoms with Gasteiger partial charge in [0.05, 0.1) is 11.5 Å². The SMILES string of the molecule is O=C(CN1C(=O)N[C@@](Cc2ccccc2)(c2ccccc2)C1=O)N[C@@H]1CCS(=O)(=O)C1. The molecule has 0 radical (unpaired) electrons. The zero-order chi connectivity index (χ0) is 22.1. The molecule has 2 N–H and O–H groups in total. The number of sulfone groups is 1. The number of nitrogens with zero attached hydrogens (tertiary/aromatic N) is 1. The van der Waals surface area contributed by atoms with E-state index in [0.29, 0.717) is 12.0 Å². The Hall–Kier alpha value is -3.20. The van der Waals surface area contributed by atoms with Crippen LogP contribution < -0.4 is 10.6 Å². The minimum absolute atomic E-state index is 0.0231. The third-order valence-electron chi connectivity index (χ3n) is 5.65. The molecule has 2 fully saturated rings. The van der Waals surface area contributed by atoms with Gasteiger partial charge in [-0.2, -0.15) is 0 Å². The maximum absolute atomic E-state index is 13.5. The molecule has 0 bridgehead atoms. The van der Waals surface area contributed by atoms with E-state index in [4.69, 9.17) is 0 Å². The van der Waals surface area contributed by atoms with Crippen LogP contribution in [0.25, 0.3) is 0 Å². The first-order valence-electron chi connectivity index (χ1n) is 10.0. The summed E-state index contributed by atoms with van der Waals surface area (Å²) in [5, 5.41) is 5.43. The van der Waals surface area contributed by atoms with Crippen molar-refractivity contribution in [2.75, 3.05) is 18.1 Å². The summed E-state index contributed by atoms with van der Waals surface area (Å²) in [5.74, 6) is -1.17. The van der Waals surface area contributed by atoms with Crippen molar-refractivity contribution in [2.24, 2.45) is 0 Å². The molecule has 2 heterocycles. The lowest BCUT2D eigenvalue weighted by Gasteiger charge is -2.27. The maximum Gasteiger partial charge on any atom is 0.325 e. The highest BCUT2D eigenvalue weighted by atomic mass is 32.2. The van der Waals surface area contributed by atoms with Crippen molar-refractivity contribution < 1.29 is 22.8 Å². The second-order valence-electron chi connectivity index (χ2n) is 7.92. The number of carbonyl (C=O) groups is 3. The summed E-state index contributed by atoms with van der Waals surface area (Å²) >= 11 is 0. The zero-order valence-electron chi connectivity index (χ0n) is 16.8. The highest BCUT2D eigenvalue weighted by Gasteiger charge is 2.52. The molecule has 0 aliphatic carbocycles. The molecule has 8 nitrogen and oxygen atoms in total. The smallest absolute Gasteiger partial charge is 0.325 e. The van der Waals surface area contributed by atoms with Crippen molar-refractivity contribution >= 4 is 27.7 Å². The molecule has 0 spiro atoms. The van der Waals surface area contributed by atoms with E-state index < -0.39 is 45.8 Å². The molecule has 0 aromatic heterocycles. The van der Waals surface area contributed by atoms with Crippen LogP contribution in [0.1, 0.15) is 17.5 Å². The molecule has 2 saturated heterocycles. The molecule has 31 heavy (non-hydrogen) atoms. The summed E-state index contributed by atoms with van der Waals surface area (Å²) in [6.07, 6.45) is 0.567. The Labute approximate surface area is 180 Å². The molecule has 0 unspecified atom stereocenters. The predicted molar refractivity (Wildman–Crippen MR) is 114 cm³/mol. The summed E-state index contributed by atoms with van der Waals surface area (Å²) < 4.78 is 23.2. The van der Waals surface area contributed by atoms with Crippen LogP contribution >= 0.6 is 0 Å². The molecule has 2 aromatic carbocycles. The van der Waals surface area contributed by atoms with Crippen LogP contribution in [-0.4, -0.2) is 55.3 Å². The average Bonchev–Trinajstić information content (AvgIpc) is 3.20. The van der Waals surface area contributed by atoms with E-state index in [1.54, 1.807) is 24.3 Å². The summed E-state index contributed by atoms with van der Waals surface area (Å²) in [5.41, 5.74) is 0.168. The van der Waals surface area contributed by atoms with Gasteiger partial charge in [-0.3, -0.25) is 14.5 Å². The first-order chi connectivity index (χ1) is 14.8. The topological polar surface area (TPSA) is 113 Å². The van der Waals surface area contributed by atoms with E-state index in [9.17, 15) is 22.8 Å². The highest BCUT2D eigenvalue weighted by molar-refractivity contribution is 7.91. The molecular formula is C22H23N3O5S. The van der Waals surface area contributed by atoms with Gasteiger partial charge in [0, 0.05) is 12.5 Å². The minimum Gasteiger partial charge on any atom is -0.351 e. The van der Waals surface area contributed by atoms with Gasteiger partial charge in [0.25, 0.3) is 5.91 Å². The van der Waals surface area contributed by atoms with Crippen LogP contribution in [-0.2, 0) is 31.4 Å². The van der Waals surface area contributed by atoms with Crippen LogP contribution in [0.3, 0.4) is 0 Å². The monoisotopic (exact) mass is 441 g/mol. The Balaban J connectivity index is 1.56. The Kier molecular flexibility index (Phi) is 5.53. The van der Waals surface area contributed by atoms with Gasteiger partial charge in [-0.25, -0.2) is 13.2 Å². The van der Waals surface area contributed by atoms with Crippen LogP contribution in [0.2, 0.25) is 0 Å². The lowest BCUT2D eigenvalue weighted by molar-refractivity contribution is -0.135. The van der Waals surface area contributed by atoms with Gasteiger partial charge in [-0.1, -0.05) is 60.7 Å². The average molecular weight is 442 g/mol. The van der Waals surface area contributed by atoms with E-state index in [1.807, 2.05) is 36.4 Å². The standard InChI is InChI=1S/C22H23N3O5S/c26-19(23-18-11-12-31(29,30)15-18)14-25-20(27)22(24-21(25)28,17-9-5-2-6-10-17)13-16-7-3-1-4-8-16/h1-10,18H,11-15H2,(H,23,26)(H,24,28)/t18-,22+/m1/s1. The van der Waals surface area contributed by atoms with E-state index in [0.717, 1.165) is 10.5 Å². The van der Waals surface area contributed by atoms with E-state index in [-0.39, 0.29) is 17.9 Å². The molecule has 162 valence electrons. The molecule has 4 amide bonds. The first kappa shape index (κ1) is 21.0. The number of carbonyl (C=O) groups excluding carboxylic acids is 3. The maximum atomic E-state index is 13.5. The molecule has 4 rings (SSSR count). The van der Waals surface area contributed by atoms with Crippen molar-refractivity contribution in [1.29, 1.82) is 0 Å². The Bertz CT molecular complexity index is 1100. The van der Waals surface area contributed by atoms with Crippen molar-refractivity contribution in [3.8, 4) is 0 Å². The third-order valence-corrected chi connectivity index (χ3v) is 7.42. The first-order valence-corrected chi connectivity index (χ1v) is 11.8. The normalized spacial score (nSPS) is 24.8. The van der Waals surface area contributed by atoms with E-state index in [1.165, 1.54) is 0 Å². The Morgan fingerprint density at radius 1 is 1.06 bits per heavy atom. The molecule has 0 saturated carbocycles. The number of hydrogen-bond acceptors (Lipinski definition) is 5. The summed E-state index contributed by atoms with van der Waals surface area (Å²) in [4.78, 5) is 39.6. The quantitative estimate of drug-likeness (QED) is 0.649. The molecule has 9 heteroatoms. The Morgan fingerprint density at radius 2 is 1.71 bits per heavy atom. The summed E-state index contributed by atoms with van der Waals surface area (Å²) in [7, 11) is -3.15. The molecule has 2 aliphatic heterocycles. The number of benzene rings is 2. The second kappa shape index (κ2) is 8.14. The molecule has 2 aliphatic rings. The molecule has 2 atom stereocenters. The van der Waals surface area contributed by atoms with Gasteiger partial charge in [-0.05, 0) is 17.5 Å². The fraction of sp³-hybridized carbons (Fsp3) is 0.318. The highest BCUT2D eigenvalue weighted by Crippen LogP contribution is 2.33. The van der Waals surface area contributed by atoms with Crippen molar-refractivity contribution in [3.63, 3.8) is 0 Å². The molecule has 2 aromatic rings. The van der Waals surface area contributed by atoms with Gasteiger partial charge < -0.3 is 10.6 Å². The zero-order valence-corrected chi connectivity index (χ0v) is 17.6.